The quantitative estimate of drug-likeness (QED) is 0.620. The highest BCUT2D eigenvalue weighted by Crippen LogP contribution is 2.15. The Morgan fingerprint density at radius 1 is 1.19 bits per heavy atom. The number of rotatable bonds is 8. The molecule has 0 unspecified atom stereocenters. The molecule has 146 valence electrons. The van der Waals surface area contributed by atoms with E-state index in [9.17, 15) is 31.2 Å². The molecule has 1 aromatic rings. The van der Waals surface area contributed by atoms with Crippen molar-refractivity contribution in [3.05, 3.63) is 24.3 Å². The largest absolute Gasteiger partial charge is 0.497 e. The normalized spacial score (nSPS) is 13.0. The van der Waals surface area contributed by atoms with Crippen LogP contribution in [0.5, 0.6) is 5.75 Å². The topological polar surface area (TPSA) is 111 Å². The van der Waals surface area contributed by atoms with E-state index in [1.807, 2.05) is 4.72 Å². The van der Waals surface area contributed by atoms with Gasteiger partial charge in [0.15, 0.2) is 6.61 Å². The van der Waals surface area contributed by atoms with Crippen LogP contribution in [0.25, 0.3) is 0 Å². The Morgan fingerprint density at radius 3 is 2.27 bits per heavy atom. The standard InChI is InChI=1S/C14H17F3N2O6S/c1-9(13(21)25-7-12(20)18-8-14(15,16)17)19-26(22,23)11-5-3-10(24-2)4-6-11/h3-6,9,19H,7-8H2,1-2H3,(H,18,20)/t9-/m0/s1. The molecule has 0 saturated heterocycles. The summed E-state index contributed by atoms with van der Waals surface area (Å²) in [5.74, 6) is -1.86. The number of alkyl halides is 3. The van der Waals surface area contributed by atoms with E-state index in [0.29, 0.717) is 5.75 Å². The number of benzene rings is 1. The molecule has 2 N–H and O–H groups in total. The monoisotopic (exact) mass is 398 g/mol. The zero-order chi connectivity index (χ0) is 20.0. The maximum atomic E-state index is 12.1. The number of hydrogen-bond acceptors (Lipinski definition) is 6. The molecule has 0 bridgehead atoms. The molecule has 8 nitrogen and oxygen atoms in total. The molecule has 26 heavy (non-hydrogen) atoms. The van der Waals surface area contributed by atoms with E-state index in [1.54, 1.807) is 0 Å². The molecule has 0 aromatic heterocycles. The third kappa shape index (κ3) is 7.27. The number of hydrogen-bond donors (Lipinski definition) is 2. The van der Waals surface area contributed by atoms with Crippen LogP contribution in [0, 0.1) is 0 Å². The molecule has 0 aliphatic rings. The molecule has 12 heteroatoms. The lowest BCUT2D eigenvalue weighted by atomic mass is 10.3. The summed E-state index contributed by atoms with van der Waals surface area (Å²) in [5.41, 5.74) is 0. The van der Waals surface area contributed by atoms with Crippen molar-refractivity contribution in [3.63, 3.8) is 0 Å². The highest BCUT2D eigenvalue weighted by Gasteiger charge is 2.28. The Labute approximate surface area is 147 Å². The first-order valence-corrected chi connectivity index (χ1v) is 8.59. The third-order valence-electron chi connectivity index (χ3n) is 2.89. The highest BCUT2D eigenvalue weighted by molar-refractivity contribution is 7.89. The Balaban J connectivity index is 2.56. The van der Waals surface area contributed by atoms with Crippen molar-refractivity contribution in [3.8, 4) is 5.75 Å². The average Bonchev–Trinajstić information content (AvgIpc) is 2.56. The summed E-state index contributed by atoms with van der Waals surface area (Å²) < 4.78 is 71.5. The number of sulfonamides is 1. The van der Waals surface area contributed by atoms with E-state index in [0.717, 1.165) is 6.92 Å². The van der Waals surface area contributed by atoms with Crippen LogP contribution in [-0.2, 0) is 24.3 Å². The van der Waals surface area contributed by atoms with Gasteiger partial charge in [-0.1, -0.05) is 0 Å². The van der Waals surface area contributed by atoms with Crippen LogP contribution in [0.2, 0.25) is 0 Å². The van der Waals surface area contributed by atoms with E-state index in [2.05, 4.69) is 4.74 Å². The lowest BCUT2D eigenvalue weighted by Crippen LogP contribution is -2.41. The maximum absolute atomic E-state index is 12.1. The van der Waals surface area contributed by atoms with Gasteiger partial charge in [0.05, 0.1) is 12.0 Å². The minimum absolute atomic E-state index is 0.138. The van der Waals surface area contributed by atoms with Gasteiger partial charge in [-0.3, -0.25) is 9.59 Å². The number of amides is 1. The van der Waals surface area contributed by atoms with Crippen molar-refractivity contribution in [1.29, 1.82) is 0 Å². The van der Waals surface area contributed by atoms with Crippen LogP contribution in [0.4, 0.5) is 13.2 Å². The van der Waals surface area contributed by atoms with Crippen LogP contribution in [0.15, 0.2) is 29.2 Å². The predicted molar refractivity (Wildman–Crippen MR) is 82.8 cm³/mol. The summed E-state index contributed by atoms with van der Waals surface area (Å²) in [6, 6.07) is 3.95. The van der Waals surface area contributed by atoms with E-state index < -0.39 is 47.3 Å². The molecule has 1 amide bonds. The van der Waals surface area contributed by atoms with Gasteiger partial charge in [0.25, 0.3) is 5.91 Å². The minimum atomic E-state index is -4.60. The SMILES string of the molecule is COc1ccc(S(=O)(=O)N[C@@H](C)C(=O)OCC(=O)NCC(F)(F)F)cc1. The van der Waals surface area contributed by atoms with Crippen molar-refractivity contribution in [2.24, 2.45) is 0 Å². The molecule has 1 rings (SSSR count). The van der Waals surface area contributed by atoms with Gasteiger partial charge >= 0.3 is 12.1 Å². The maximum Gasteiger partial charge on any atom is 0.405 e. The first kappa shape index (κ1) is 21.7. The summed E-state index contributed by atoms with van der Waals surface area (Å²) in [7, 11) is -2.65. The van der Waals surface area contributed by atoms with Gasteiger partial charge in [-0.25, -0.2) is 8.42 Å². The van der Waals surface area contributed by atoms with E-state index in [-0.39, 0.29) is 4.90 Å². The van der Waals surface area contributed by atoms with Gasteiger partial charge in [0.1, 0.15) is 18.3 Å². The summed E-state index contributed by atoms with van der Waals surface area (Å²) >= 11 is 0. The Morgan fingerprint density at radius 2 is 1.77 bits per heavy atom. The van der Waals surface area contributed by atoms with Gasteiger partial charge in [-0.2, -0.15) is 17.9 Å². The molecular formula is C14H17F3N2O6S. The number of carbonyl (C=O) groups is 2. The van der Waals surface area contributed by atoms with Gasteiger partial charge in [0, 0.05) is 0 Å². The molecule has 1 atom stereocenters. The lowest BCUT2D eigenvalue weighted by molar-refractivity contribution is -0.152. The molecule has 1 aromatic carbocycles. The smallest absolute Gasteiger partial charge is 0.405 e. The van der Waals surface area contributed by atoms with Crippen LogP contribution in [-0.4, -0.2) is 52.8 Å². The fourth-order valence-electron chi connectivity index (χ4n) is 1.62. The second kappa shape index (κ2) is 8.85. The minimum Gasteiger partial charge on any atom is -0.497 e. The Kier molecular flexibility index (Phi) is 7.39. The van der Waals surface area contributed by atoms with Crippen molar-refractivity contribution in [2.45, 2.75) is 24.0 Å². The molecule has 0 fully saturated rings. The van der Waals surface area contributed by atoms with Crippen molar-refractivity contribution < 1.29 is 40.7 Å². The third-order valence-corrected chi connectivity index (χ3v) is 4.44. The summed E-state index contributed by atoms with van der Waals surface area (Å²) in [4.78, 5) is 22.7. The number of carbonyl (C=O) groups excluding carboxylic acids is 2. The number of ether oxygens (including phenoxy) is 2. The van der Waals surface area contributed by atoms with Crippen molar-refractivity contribution in [1.82, 2.24) is 10.0 Å². The van der Waals surface area contributed by atoms with E-state index in [4.69, 9.17) is 4.74 Å². The van der Waals surface area contributed by atoms with Crippen LogP contribution in [0.1, 0.15) is 6.92 Å². The predicted octanol–water partition coefficient (Wildman–Crippen LogP) is 0.584. The van der Waals surface area contributed by atoms with Crippen LogP contribution in [0.3, 0.4) is 0 Å². The molecule has 0 radical (unpaired) electrons. The van der Waals surface area contributed by atoms with Gasteiger partial charge in [0.2, 0.25) is 10.0 Å². The van der Waals surface area contributed by atoms with Crippen molar-refractivity contribution in [2.75, 3.05) is 20.3 Å². The van der Waals surface area contributed by atoms with Crippen LogP contribution < -0.4 is 14.8 Å². The number of nitrogens with one attached hydrogen (secondary N) is 2. The molecular weight excluding hydrogens is 381 g/mol. The lowest BCUT2D eigenvalue weighted by Gasteiger charge is -2.14. The van der Waals surface area contributed by atoms with E-state index in [1.165, 1.54) is 36.7 Å². The molecule has 0 spiro atoms. The highest BCUT2D eigenvalue weighted by atomic mass is 32.2. The van der Waals surface area contributed by atoms with Crippen LogP contribution >= 0.6 is 0 Å². The van der Waals surface area contributed by atoms with Gasteiger partial charge in [-0.15, -0.1) is 0 Å². The average molecular weight is 398 g/mol. The summed E-state index contributed by atoms with van der Waals surface area (Å²) in [6.07, 6.45) is -4.60. The second-order valence-electron chi connectivity index (χ2n) is 5.02. The first-order chi connectivity index (χ1) is 11.9. The second-order valence-corrected chi connectivity index (χ2v) is 6.73. The molecule has 0 heterocycles. The van der Waals surface area contributed by atoms with Crippen molar-refractivity contribution >= 4 is 21.9 Å². The summed E-state index contributed by atoms with van der Waals surface area (Å²) in [6.45, 7) is -1.37. The Hall–Kier alpha value is -2.34. The van der Waals surface area contributed by atoms with Gasteiger partial charge in [-0.05, 0) is 31.2 Å². The zero-order valence-corrected chi connectivity index (χ0v) is 14.6. The fraction of sp³-hybridized carbons (Fsp3) is 0.429. The zero-order valence-electron chi connectivity index (χ0n) is 13.8. The van der Waals surface area contributed by atoms with Gasteiger partial charge < -0.3 is 14.8 Å². The number of esters is 1. The van der Waals surface area contributed by atoms with E-state index >= 15 is 0 Å². The molecule has 0 aliphatic carbocycles. The fourth-order valence-corrected chi connectivity index (χ4v) is 2.81. The number of halogens is 3. The Bertz CT molecular complexity index is 734. The number of methoxy groups -OCH3 is 1. The first-order valence-electron chi connectivity index (χ1n) is 7.11. The molecule has 0 saturated carbocycles. The summed E-state index contributed by atoms with van der Waals surface area (Å²) in [5, 5.41) is 1.51. The molecule has 0 aliphatic heterocycles.